The number of nitrogens with one attached hydrogen (secondary N) is 1. The van der Waals surface area contributed by atoms with Gasteiger partial charge in [-0.2, -0.15) is 0 Å². The normalized spacial score (nSPS) is 20.2. The maximum Gasteiger partial charge on any atom is 0.264 e. The predicted octanol–water partition coefficient (Wildman–Crippen LogP) is 2.18. The molecule has 0 aliphatic carbocycles. The number of aromatic amines is 1. The molecule has 2 heterocycles. The van der Waals surface area contributed by atoms with E-state index in [0.717, 1.165) is 25.9 Å². The number of hydrogen-bond donors (Lipinski definition) is 2. The van der Waals surface area contributed by atoms with E-state index in [-0.39, 0.29) is 28.4 Å². The van der Waals surface area contributed by atoms with Crippen LogP contribution in [0.15, 0.2) is 9.79 Å². The zero-order valence-electron chi connectivity index (χ0n) is 12.3. The predicted molar refractivity (Wildman–Crippen MR) is 84.0 cm³/mol. The summed E-state index contributed by atoms with van der Waals surface area (Å²) in [5.41, 5.74) is -0.282. The molecule has 2 N–H and O–H groups in total. The second kappa shape index (κ2) is 7.00. The van der Waals surface area contributed by atoms with Crippen molar-refractivity contribution >= 4 is 18.4 Å². The molecule has 0 bridgehead atoms. The molecule has 1 aliphatic heterocycles. The lowest BCUT2D eigenvalue weighted by atomic mass is 10.2. The maximum atomic E-state index is 11.9. The number of rotatable bonds is 5. The molecule has 1 aromatic heterocycles. The molecule has 1 aliphatic rings. The highest BCUT2D eigenvalue weighted by Crippen LogP contribution is 2.20. The smallest absolute Gasteiger partial charge is 0.264 e. The third-order valence-electron chi connectivity index (χ3n) is 3.74. The Labute approximate surface area is 128 Å². The third kappa shape index (κ3) is 3.59. The Morgan fingerprint density at radius 1 is 1.67 bits per heavy atom. The van der Waals surface area contributed by atoms with Crippen LogP contribution in [-0.2, 0) is 4.74 Å². The second-order valence-electron chi connectivity index (χ2n) is 5.25. The molecule has 0 saturated carbocycles. The summed E-state index contributed by atoms with van der Waals surface area (Å²) in [4.78, 5) is 18.7. The average molecular weight is 311 g/mol. The highest BCUT2D eigenvalue weighted by molar-refractivity contribution is 7.71. The van der Waals surface area contributed by atoms with Crippen molar-refractivity contribution in [1.82, 2.24) is 9.55 Å². The van der Waals surface area contributed by atoms with Gasteiger partial charge in [-0.15, -0.1) is 0 Å². The molecule has 0 amide bonds. The molecule has 6 nitrogen and oxygen atoms in total. The topological polar surface area (TPSA) is 79.6 Å². The van der Waals surface area contributed by atoms with Gasteiger partial charge < -0.3 is 9.84 Å². The number of aliphatic imine (C=N–C) groups is 1. The molecule has 0 aromatic carbocycles. The molecule has 2 atom stereocenters. The Bertz CT molecular complexity index is 629. The molecular formula is C14H21N3O3S. The van der Waals surface area contributed by atoms with Gasteiger partial charge in [0, 0.05) is 18.9 Å². The van der Waals surface area contributed by atoms with Crippen LogP contribution in [0.5, 0.6) is 5.88 Å². The van der Waals surface area contributed by atoms with Crippen LogP contribution in [0.25, 0.3) is 0 Å². The Hall–Kier alpha value is -1.47. The molecular weight excluding hydrogens is 290 g/mol. The van der Waals surface area contributed by atoms with Crippen molar-refractivity contribution in [3.05, 3.63) is 20.7 Å². The standard InChI is InChI=1S/C14H21N3O3S/c1-3-9(2)17-13(19)11(12(18)16-14(17)21)8-15-7-10-5-4-6-20-10/h8-10,19H,3-7H2,1-2H3,(H,16,18,21)/t9-,10+/m1/s1. The fraction of sp³-hybridized carbons (Fsp3) is 0.643. The second-order valence-corrected chi connectivity index (χ2v) is 5.64. The largest absolute Gasteiger partial charge is 0.494 e. The molecule has 0 radical (unpaired) electrons. The fourth-order valence-electron chi connectivity index (χ4n) is 2.31. The van der Waals surface area contributed by atoms with E-state index >= 15 is 0 Å². The summed E-state index contributed by atoms with van der Waals surface area (Å²) < 4.78 is 7.24. The average Bonchev–Trinajstić information content (AvgIpc) is 2.95. The quantitative estimate of drug-likeness (QED) is 0.645. The third-order valence-corrected chi connectivity index (χ3v) is 4.04. The van der Waals surface area contributed by atoms with Crippen molar-refractivity contribution in [3.63, 3.8) is 0 Å². The van der Waals surface area contributed by atoms with Gasteiger partial charge in [0.05, 0.1) is 12.6 Å². The first-order chi connectivity index (χ1) is 10.0. The van der Waals surface area contributed by atoms with Gasteiger partial charge in [-0.05, 0) is 38.4 Å². The van der Waals surface area contributed by atoms with Crippen LogP contribution >= 0.6 is 12.2 Å². The number of ether oxygens (including phenoxy) is 1. The summed E-state index contributed by atoms with van der Waals surface area (Å²) in [6.45, 7) is 5.19. The van der Waals surface area contributed by atoms with Crippen molar-refractivity contribution in [2.45, 2.75) is 45.3 Å². The Kier molecular flexibility index (Phi) is 5.30. The Morgan fingerprint density at radius 2 is 2.43 bits per heavy atom. The molecule has 0 spiro atoms. The zero-order valence-corrected chi connectivity index (χ0v) is 13.2. The van der Waals surface area contributed by atoms with Crippen LogP contribution in [0.4, 0.5) is 0 Å². The number of aromatic nitrogens is 2. The summed E-state index contributed by atoms with van der Waals surface area (Å²) in [6.07, 6.45) is 4.34. The SMILES string of the molecule is CC[C@@H](C)n1c(O)c(C=NC[C@@H]2CCCO2)c(=O)[nH]c1=S. The minimum atomic E-state index is -0.423. The van der Waals surface area contributed by atoms with Crippen molar-refractivity contribution in [3.8, 4) is 5.88 Å². The van der Waals surface area contributed by atoms with Crippen molar-refractivity contribution in [2.75, 3.05) is 13.2 Å². The van der Waals surface area contributed by atoms with E-state index < -0.39 is 5.56 Å². The van der Waals surface area contributed by atoms with E-state index in [2.05, 4.69) is 9.98 Å². The van der Waals surface area contributed by atoms with Crippen molar-refractivity contribution in [2.24, 2.45) is 4.99 Å². The first kappa shape index (κ1) is 15.9. The van der Waals surface area contributed by atoms with Crippen LogP contribution in [0.2, 0.25) is 0 Å². The van der Waals surface area contributed by atoms with Gasteiger partial charge >= 0.3 is 0 Å². The summed E-state index contributed by atoms with van der Waals surface area (Å²) in [5, 5.41) is 10.3. The minimum absolute atomic E-state index is 0.000310. The van der Waals surface area contributed by atoms with Gasteiger partial charge in [-0.3, -0.25) is 19.3 Å². The van der Waals surface area contributed by atoms with Crippen LogP contribution in [0.3, 0.4) is 0 Å². The fourth-order valence-corrected chi connectivity index (χ4v) is 2.67. The van der Waals surface area contributed by atoms with E-state index in [1.54, 1.807) is 4.57 Å². The molecule has 1 fully saturated rings. The van der Waals surface area contributed by atoms with Crippen LogP contribution < -0.4 is 5.56 Å². The van der Waals surface area contributed by atoms with Gasteiger partial charge in [-0.1, -0.05) is 6.92 Å². The lowest BCUT2D eigenvalue weighted by molar-refractivity contribution is 0.118. The van der Waals surface area contributed by atoms with Crippen LogP contribution in [0.1, 0.15) is 44.7 Å². The monoisotopic (exact) mass is 311 g/mol. The molecule has 21 heavy (non-hydrogen) atoms. The van der Waals surface area contributed by atoms with Crippen LogP contribution in [0, 0.1) is 4.77 Å². The van der Waals surface area contributed by atoms with Gasteiger partial charge in [-0.25, -0.2) is 0 Å². The van der Waals surface area contributed by atoms with E-state index in [1.807, 2.05) is 13.8 Å². The van der Waals surface area contributed by atoms with Gasteiger partial charge in [0.1, 0.15) is 5.56 Å². The molecule has 0 unspecified atom stereocenters. The zero-order chi connectivity index (χ0) is 15.4. The lowest BCUT2D eigenvalue weighted by Crippen LogP contribution is -2.20. The van der Waals surface area contributed by atoms with Crippen molar-refractivity contribution in [1.29, 1.82) is 0 Å². The molecule has 116 valence electrons. The highest BCUT2D eigenvalue weighted by Gasteiger charge is 2.16. The summed E-state index contributed by atoms with van der Waals surface area (Å²) in [7, 11) is 0. The first-order valence-corrected chi connectivity index (χ1v) is 7.64. The molecule has 7 heteroatoms. The van der Waals surface area contributed by atoms with Gasteiger partial charge in [0.2, 0.25) is 5.88 Å². The van der Waals surface area contributed by atoms with E-state index in [1.165, 1.54) is 6.21 Å². The first-order valence-electron chi connectivity index (χ1n) is 7.23. The number of aromatic hydroxyl groups is 1. The minimum Gasteiger partial charge on any atom is -0.494 e. The molecule has 1 aromatic rings. The highest BCUT2D eigenvalue weighted by atomic mass is 32.1. The van der Waals surface area contributed by atoms with Gasteiger partial charge in [0.25, 0.3) is 5.56 Å². The van der Waals surface area contributed by atoms with E-state index in [4.69, 9.17) is 17.0 Å². The summed E-state index contributed by atoms with van der Waals surface area (Å²) in [6, 6.07) is -0.000310. The van der Waals surface area contributed by atoms with E-state index in [0.29, 0.717) is 6.54 Å². The Balaban J connectivity index is 2.28. The number of nitrogens with zero attached hydrogens (tertiary/aromatic N) is 2. The summed E-state index contributed by atoms with van der Waals surface area (Å²) >= 11 is 5.11. The van der Waals surface area contributed by atoms with E-state index in [9.17, 15) is 9.90 Å². The maximum absolute atomic E-state index is 11.9. The van der Waals surface area contributed by atoms with Gasteiger partial charge in [0.15, 0.2) is 4.77 Å². The lowest BCUT2D eigenvalue weighted by Gasteiger charge is -2.16. The Morgan fingerprint density at radius 3 is 3.05 bits per heavy atom. The summed E-state index contributed by atoms with van der Waals surface area (Å²) in [5.74, 6) is -0.130. The number of H-pyrrole nitrogens is 1. The molecule has 2 rings (SSSR count). The van der Waals surface area contributed by atoms with Crippen LogP contribution in [-0.4, -0.2) is 40.1 Å². The number of hydrogen-bond acceptors (Lipinski definition) is 5. The molecule has 1 saturated heterocycles. The van der Waals surface area contributed by atoms with Crippen molar-refractivity contribution < 1.29 is 9.84 Å².